The van der Waals surface area contributed by atoms with E-state index >= 15 is 0 Å². The molecular formula is C12H11N5O3. The van der Waals surface area contributed by atoms with E-state index < -0.39 is 11.9 Å². The lowest BCUT2D eigenvalue weighted by molar-refractivity contribution is -0.120. The molecule has 2 aromatic heterocycles. The van der Waals surface area contributed by atoms with Crippen LogP contribution in [-0.4, -0.2) is 40.2 Å². The summed E-state index contributed by atoms with van der Waals surface area (Å²) in [5, 5.41) is 17.8. The number of H-pyrrole nitrogens is 1. The summed E-state index contributed by atoms with van der Waals surface area (Å²) in [6.07, 6.45) is 1.35. The van der Waals surface area contributed by atoms with E-state index in [1.807, 2.05) is 0 Å². The summed E-state index contributed by atoms with van der Waals surface area (Å²) in [7, 11) is 0. The molecule has 0 aliphatic heterocycles. The summed E-state index contributed by atoms with van der Waals surface area (Å²) in [5.41, 5.74) is 0.651. The van der Waals surface area contributed by atoms with Gasteiger partial charge in [0.05, 0.1) is 18.0 Å². The molecule has 20 heavy (non-hydrogen) atoms. The summed E-state index contributed by atoms with van der Waals surface area (Å²) in [6, 6.07) is 5.12. The van der Waals surface area contributed by atoms with Crippen LogP contribution in [-0.2, 0) is 9.53 Å². The minimum Gasteiger partial charge on any atom is -0.459 e. The number of carbonyl (C=O) groups excluding carboxylic acids is 2. The molecule has 8 heteroatoms. The molecule has 0 spiro atoms. The van der Waals surface area contributed by atoms with E-state index in [0.717, 1.165) is 0 Å². The Hall–Kier alpha value is -2.95. The lowest BCUT2D eigenvalue weighted by Crippen LogP contribution is -2.27. The van der Waals surface area contributed by atoms with Crippen LogP contribution in [0.3, 0.4) is 0 Å². The zero-order chi connectivity index (χ0) is 14.4. The topological polar surface area (TPSA) is 121 Å². The van der Waals surface area contributed by atoms with E-state index in [1.54, 1.807) is 24.4 Å². The highest BCUT2D eigenvalue weighted by Crippen LogP contribution is 2.13. The molecule has 0 saturated heterocycles. The molecule has 2 aromatic rings. The second-order valence-electron chi connectivity index (χ2n) is 3.79. The summed E-state index contributed by atoms with van der Waals surface area (Å²) in [4.78, 5) is 26.8. The first-order chi connectivity index (χ1) is 9.72. The number of pyridine rings is 1. The Morgan fingerprint density at radius 3 is 3.15 bits per heavy atom. The van der Waals surface area contributed by atoms with Crippen molar-refractivity contribution in [3.8, 4) is 6.07 Å². The molecule has 0 fully saturated rings. The van der Waals surface area contributed by atoms with Crippen molar-refractivity contribution in [1.82, 2.24) is 20.5 Å². The van der Waals surface area contributed by atoms with Gasteiger partial charge in [-0.1, -0.05) is 0 Å². The molecule has 0 atom stereocenters. The van der Waals surface area contributed by atoms with Gasteiger partial charge in [0, 0.05) is 6.20 Å². The maximum absolute atomic E-state index is 11.8. The Morgan fingerprint density at radius 1 is 1.50 bits per heavy atom. The molecule has 0 aliphatic rings. The molecule has 1 amide bonds. The van der Waals surface area contributed by atoms with Crippen molar-refractivity contribution in [3.63, 3.8) is 0 Å². The Balaban J connectivity index is 1.87. The van der Waals surface area contributed by atoms with Gasteiger partial charge in [0.15, 0.2) is 11.3 Å². The standard InChI is InChI=1S/C12H11N5O3/c13-4-3-9(18)14-6-7-20-12(19)10-8-2-1-5-15-11(8)17-16-10/h1-2,5H,3,6-7H2,(H,14,18)(H,15,16,17). The minimum atomic E-state index is -0.574. The van der Waals surface area contributed by atoms with Crippen LogP contribution >= 0.6 is 0 Å². The number of esters is 1. The molecule has 0 aromatic carbocycles. The van der Waals surface area contributed by atoms with Gasteiger partial charge < -0.3 is 10.1 Å². The third kappa shape index (κ3) is 3.08. The fourth-order valence-electron chi connectivity index (χ4n) is 1.55. The highest BCUT2D eigenvalue weighted by molar-refractivity contribution is 6.00. The highest BCUT2D eigenvalue weighted by atomic mass is 16.5. The zero-order valence-electron chi connectivity index (χ0n) is 10.4. The molecule has 2 rings (SSSR count). The first-order valence-corrected chi connectivity index (χ1v) is 5.82. The number of fused-ring (bicyclic) bond motifs is 1. The van der Waals surface area contributed by atoms with Crippen LogP contribution in [0, 0.1) is 11.3 Å². The van der Waals surface area contributed by atoms with Gasteiger partial charge in [-0.15, -0.1) is 0 Å². The lowest BCUT2D eigenvalue weighted by Gasteiger charge is -2.04. The lowest BCUT2D eigenvalue weighted by atomic mass is 10.3. The number of ether oxygens (including phenoxy) is 1. The molecule has 0 radical (unpaired) electrons. The summed E-state index contributed by atoms with van der Waals surface area (Å²) < 4.78 is 4.99. The third-order valence-corrected chi connectivity index (χ3v) is 2.43. The van der Waals surface area contributed by atoms with Crippen molar-refractivity contribution >= 4 is 22.9 Å². The van der Waals surface area contributed by atoms with Gasteiger partial charge in [0.25, 0.3) is 0 Å². The number of hydrogen-bond donors (Lipinski definition) is 2. The molecule has 102 valence electrons. The van der Waals surface area contributed by atoms with Gasteiger partial charge in [-0.05, 0) is 12.1 Å². The van der Waals surface area contributed by atoms with E-state index in [9.17, 15) is 9.59 Å². The van der Waals surface area contributed by atoms with Gasteiger partial charge >= 0.3 is 5.97 Å². The van der Waals surface area contributed by atoms with Gasteiger partial charge in [-0.2, -0.15) is 10.4 Å². The van der Waals surface area contributed by atoms with Crippen molar-refractivity contribution in [2.45, 2.75) is 6.42 Å². The summed E-state index contributed by atoms with van der Waals surface area (Å²) in [5.74, 6) is -0.977. The number of hydrogen-bond acceptors (Lipinski definition) is 6. The van der Waals surface area contributed by atoms with Crippen molar-refractivity contribution in [3.05, 3.63) is 24.0 Å². The molecule has 2 heterocycles. The smallest absolute Gasteiger partial charge is 0.357 e. The fraction of sp³-hybridized carbons (Fsp3) is 0.250. The number of nitrogens with zero attached hydrogens (tertiary/aromatic N) is 3. The average Bonchev–Trinajstić information content (AvgIpc) is 2.87. The van der Waals surface area contributed by atoms with E-state index in [0.29, 0.717) is 11.0 Å². The van der Waals surface area contributed by atoms with E-state index in [1.165, 1.54) is 0 Å². The van der Waals surface area contributed by atoms with Crippen LogP contribution < -0.4 is 5.32 Å². The SMILES string of the molecule is N#CCC(=O)NCCOC(=O)c1[nH]nc2ncccc12. The van der Waals surface area contributed by atoms with Gasteiger partial charge in [-0.25, -0.2) is 9.78 Å². The molecule has 0 bridgehead atoms. The number of rotatable bonds is 5. The highest BCUT2D eigenvalue weighted by Gasteiger charge is 2.14. The van der Waals surface area contributed by atoms with Crippen LogP contribution in [0.2, 0.25) is 0 Å². The monoisotopic (exact) mass is 273 g/mol. The first kappa shape index (κ1) is 13.5. The third-order valence-electron chi connectivity index (χ3n) is 2.43. The van der Waals surface area contributed by atoms with Crippen molar-refractivity contribution < 1.29 is 14.3 Å². The van der Waals surface area contributed by atoms with E-state index in [4.69, 9.17) is 10.00 Å². The van der Waals surface area contributed by atoms with Crippen LogP contribution in [0.15, 0.2) is 18.3 Å². The Bertz CT molecular complexity index is 673. The first-order valence-electron chi connectivity index (χ1n) is 5.82. The Labute approximate surface area is 113 Å². The largest absolute Gasteiger partial charge is 0.459 e. The average molecular weight is 273 g/mol. The zero-order valence-corrected chi connectivity index (χ0v) is 10.4. The Kier molecular flexibility index (Phi) is 4.24. The summed E-state index contributed by atoms with van der Waals surface area (Å²) in [6.45, 7) is 0.160. The minimum absolute atomic E-state index is 0.0107. The maximum atomic E-state index is 11.8. The van der Waals surface area contributed by atoms with Crippen molar-refractivity contribution in [2.75, 3.05) is 13.2 Å². The van der Waals surface area contributed by atoms with E-state index in [2.05, 4.69) is 20.5 Å². The van der Waals surface area contributed by atoms with Crippen LogP contribution in [0.25, 0.3) is 11.0 Å². The van der Waals surface area contributed by atoms with Gasteiger partial charge in [0.1, 0.15) is 13.0 Å². The number of amides is 1. The number of aromatic nitrogens is 3. The van der Waals surface area contributed by atoms with Crippen LogP contribution in [0.5, 0.6) is 0 Å². The van der Waals surface area contributed by atoms with Crippen LogP contribution in [0.4, 0.5) is 0 Å². The molecule has 0 saturated carbocycles. The summed E-state index contributed by atoms with van der Waals surface area (Å²) >= 11 is 0. The number of carbonyl (C=O) groups is 2. The predicted octanol–water partition coefficient (Wildman–Crippen LogP) is 0.145. The van der Waals surface area contributed by atoms with E-state index in [-0.39, 0.29) is 25.3 Å². The Morgan fingerprint density at radius 2 is 2.35 bits per heavy atom. The van der Waals surface area contributed by atoms with Crippen molar-refractivity contribution in [2.24, 2.45) is 0 Å². The molecule has 2 N–H and O–H groups in total. The molecular weight excluding hydrogens is 262 g/mol. The quantitative estimate of drug-likeness (QED) is 0.590. The second-order valence-corrected chi connectivity index (χ2v) is 3.79. The number of aromatic amines is 1. The molecule has 8 nitrogen and oxygen atoms in total. The fourth-order valence-corrected chi connectivity index (χ4v) is 1.55. The number of nitrogens with one attached hydrogen (secondary N) is 2. The number of nitriles is 1. The maximum Gasteiger partial charge on any atom is 0.357 e. The van der Waals surface area contributed by atoms with Gasteiger partial charge in [0.2, 0.25) is 5.91 Å². The van der Waals surface area contributed by atoms with Crippen molar-refractivity contribution in [1.29, 1.82) is 5.26 Å². The molecule has 0 unspecified atom stereocenters. The molecule has 0 aliphatic carbocycles. The normalized spacial score (nSPS) is 9.95. The van der Waals surface area contributed by atoms with Crippen LogP contribution in [0.1, 0.15) is 16.9 Å². The predicted molar refractivity (Wildman–Crippen MR) is 67.4 cm³/mol. The van der Waals surface area contributed by atoms with Gasteiger partial charge in [-0.3, -0.25) is 9.89 Å². The second kappa shape index (κ2) is 6.29.